The lowest BCUT2D eigenvalue weighted by Gasteiger charge is -2.35. The molecule has 1 unspecified atom stereocenters. The second-order valence-corrected chi connectivity index (χ2v) is 6.13. The quantitative estimate of drug-likeness (QED) is 0.769. The molecule has 0 bridgehead atoms. The first kappa shape index (κ1) is 14.0. The van der Waals surface area contributed by atoms with Gasteiger partial charge in [-0.05, 0) is 59.1 Å². The Labute approximate surface area is 114 Å². The number of likely N-dealkylation sites (tertiary alicyclic amines) is 1. The van der Waals surface area contributed by atoms with E-state index < -0.39 is 5.60 Å². The van der Waals surface area contributed by atoms with Crippen LogP contribution in [-0.4, -0.2) is 23.1 Å². The van der Waals surface area contributed by atoms with Gasteiger partial charge >= 0.3 is 6.09 Å². The smallest absolute Gasteiger partial charge is 0.410 e. The van der Waals surface area contributed by atoms with Crippen LogP contribution in [-0.2, 0) is 4.74 Å². The number of nitrogens with zero attached hydrogens (tertiary/aromatic N) is 1. The van der Waals surface area contributed by atoms with Gasteiger partial charge in [0.1, 0.15) is 17.1 Å². The fourth-order valence-corrected chi connectivity index (χ4v) is 2.40. The Kier molecular flexibility index (Phi) is 3.88. The van der Waals surface area contributed by atoms with Crippen LogP contribution in [0, 0.1) is 6.92 Å². The Balaban J connectivity index is 2.14. The molecule has 0 radical (unpaired) electrons. The second kappa shape index (κ2) is 5.27. The molecule has 106 valence electrons. The summed E-state index contributed by atoms with van der Waals surface area (Å²) in [5.74, 6) is 1.74. The topological polar surface area (TPSA) is 42.7 Å². The van der Waals surface area contributed by atoms with Crippen LogP contribution in [0.25, 0.3) is 0 Å². The highest BCUT2D eigenvalue weighted by molar-refractivity contribution is 5.68. The maximum absolute atomic E-state index is 12.3. The lowest BCUT2D eigenvalue weighted by molar-refractivity contribution is 0.00674. The van der Waals surface area contributed by atoms with Crippen LogP contribution in [0.1, 0.15) is 57.6 Å². The fourth-order valence-electron chi connectivity index (χ4n) is 2.40. The Bertz CT molecular complexity index is 444. The summed E-state index contributed by atoms with van der Waals surface area (Å²) in [6.07, 6.45) is 2.83. The van der Waals surface area contributed by atoms with Gasteiger partial charge in [-0.1, -0.05) is 0 Å². The van der Waals surface area contributed by atoms with Gasteiger partial charge in [-0.2, -0.15) is 0 Å². The molecular weight excluding hydrogens is 242 g/mol. The van der Waals surface area contributed by atoms with Gasteiger partial charge in [-0.15, -0.1) is 0 Å². The summed E-state index contributed by atoms with van der Waals surface area (Å²) in [4.78, 5) is 14.1. The monoisotopic (exact) mass is 265 g/mol. The molecule has 1 fully saturated rings. The second-order valence-electron chi connectivity index (χ2n) is 6.13. The molecule has 4 nitrogen and oxygen atoms in total. The molecule has 1 atom stereocenters. The first-order chi connectivity index (χ1) is 8.87. The molecule has 2 heterocycles. The molecule has 1 saturated heterocycles. The Morgan fingerprint density at radius 3 is 2.68 bits per heavy atom. The minimum Gasteiger partial charge on any atom is -0.464 e. The highest BCUT2D eigenvalue weighted by Crippen LogP contribution is 2.33. The average molecular weight is 265 g/mol. The van der Waals surface area contributed by atoms with Gasteiger partial charge in [-0.3, -0.25) is 4.90 Å². The van der Waals surface area contributed by atoms with Crippen molar-refractivity contribution in [2.75, 3.05) is 6.54 Å². The van der Waals surface area contributed by atoms with Crippen LogP contribution in [0.2, 0.25) is 0 Å². The molecule has 4 heteroatoms. The van der Waals surface area contributed by atoms with Crippen LogP contribution in [0.3, 0.4) is 0 Å². The van der Waals surface area contributed by atoms with Crippen molar-refractivity contribution in [3.8, 4) is 0 Å². The zero-order chi connectivity index (χ0) is 14.0. The van der Waals surface area contributed by atoms with E-state index in [1.165, 1.54) is 0 Å². The van der Waals surface area contributed by atoms with Crippen LogP contribution in [0.15, 0.2) is 16.5 Å². The number of hydrogen-bond donors (Lipinski definition) is 0. The summed E-state index contributed by atoms with van der Waals surface area (Å²) in [7, 11) is 0. The number of piperidine rings is 1. The van der Waals surface area contributed by atoms with Crippen LogP contribution in [0.5, 0.6) is 0 Å². The average Bonchev–Trinajstić information content (AvgIpc) is 2.73. The highest BCUT2D eigenvalue weighted by Gasteiger charge is 2.32. The number of amides is 1. The normalized spacial score (nSPS) is 20.4. The molecule has 1 aliphatic rings. The van der Waals surface area contributed by atoms with E-state index >= 15 is 0 Å². The van der Waals surface area contributed by atoms with Crippen molar-refractivity contribution in [1.29, 1.82) is 0 Å². The number of furan rings is 1. The Morgan fingerprint density at radius 1 is 1.37 bits per heavy atom. The van der Waals surface area contributed by atoms with E-state index in [1.807, 2.05) is 39.8 Å². The van der Waals surface area contributed by atoms with E-state index in [-0.39, 0.29) is 12.1 Å². The number of hydrogen-bond acceptors (Lipinski definition) is 3. The lowest BCUT2D eigenvalue weighted by Crippen LogP contribution is -2.41. The van der Waals surface area contributed by atoms with E-state index in [2.05, 4.69) is 0 Å². The van der Waals surface area contributed by atoms with Gasteiger partial charge in [0.2, 0.25) is 0 Å². The molecule has 1 aromatic heterocycles. The standard InChI is InChI=1S/C15H23NO3/c1-11-8-9-13(18-11)12-7-5-6-10-16(12)14(17)19-15(2,3)4/h8-9,12H,5-7,10H2,1-4H3. The lowest BCUT2D eigenvalue weighted by atomic mass is 10.0. The maximum Gasteiger partial charge on any atom is 0.410 e. The van der Waals surface area contributed by atoms with Crippen molar-refractivity contribution in [3.05, 3.63) is 23.7 Å². The van der Waals surface area contributed by atoms with Crippen molar-refractivity contribution < 1.29 is 13.9 Å². The maximum atomic E-state index is 12.3. The molecule has 0 N–H and O–H groups in total. The molecule has 19 heavy (non-hydrogen) atoms. The van der Waals surface area contributed by atoms with Gasteiger partial charge in [0.25, 0.3) is 0 Å². The largest absolute Gasteiger partial charge is 0.464 e. The summed E-state index contributed by atoms with van der Waals surface area (Å²) in [5, 5.41) is 0. The molecule has 2 rings (SSSR count). The third-order valence-corrected chi connectivity index (χ3v) is 3.22. The van der Waals surface area contributed by atoms with Crippen LogP contribution >= 0.6 is 0 Å². The zero-order valence-electron chi connectivity index (χ0n) is 12.2. The third-order valence-electron chi connectivity index (χ3n) is 3.22. The van der Waals surface area contributed by atoms with Gasteiger partial charge in [-0.25, -0.2) is 4.79 Å². The first-order valence-electron chi connectivity index (χ1n) is 6.93. The van der Waals surface area contributed by atoms with Crippen LogP contribution in [0.4, 0.5) is 4.79 Å². The Hall–Kier alpha value is -1.45. The molecule has 1 amide bonds. The number of carbonyl (C=O) groups excluding carboxylic acids is 1. The highest BCUT2D eigenvalue weighted by atomic mass is 16.6. The Morgan fingerprint density at radius 2 is 2.11 bits per heavy atom. The molecule has 0 aliphatic carbocycles. The molecule has 0 aromatic carbocycles. The van der Waals surface area contributed by atoms with E-state index in [4.69, 9.17) is 9.15 Å². The first-order valence-corrected chi connectivity index (χ1v) is 6.93. The van der Waals surface area contributed by atoms with Crippen molar-refractivity contribution in [3.63, 3.8) is 0 Å². The molecule has 1 aromatic rings. The van der Waals surface area contributed by atoms with Crippen molar-refractivity contribution >= 4 is 6.09 Å². The van der Waals surface area contributed by atoms with E-state index in [0.717, 1.165) is 37.3 Å². The molecular formula is C15H23NO3. The summed E-state index contributed by atoms with van der Waals surface area (Å²) in [6.45, 7) is 8.33. The SMILES string of the molecule is Cc1ccc(C2CCCCN2C(=O)OC(C)(C)C)o1. The summed E-state index contributed by atoms with van der Waals surface area (Å²) in [5.41, 5.74) is -0.460. The van der Waals surface area contributed by atoms with Crippen molar-refractivity contribution in [2.45, 2.75) is 58.6 Å². The minimum atomic E-state index is -0.460. The van der Waals surface area contributed by atoms with Gasteiger partial charge < -0.3 is 9.15 Å². The molecule has 1 aliphatic heterocycles. The van der Waals surface area contributed by atoms with E-state index in [9.17, 15) is 4.79 Å². The fraction of sp³-hybridized carbons (Fsp3) is 0.667. The van der Waals surface area contributed by atoms with E-state index in [1.54, 1.807) is 4.90 Å². The van der Waals surface area contributed by atoms with Gasteiger partial charge in [0.05, 0.1) is 6.04 Å². The molecule has 0 spiro atoms. The zero-order valence-corrected chi connectivity index (χ0v) is 12.2. The minimum absolute atomic E-state index is 0.0114. The predicted molar refractivity (Wildman–Crippen MR) is 73.0 cm³/mol. The number of ether oxygens (including phenoxy) is 1. The van der Waals surface area contributed by atoms with Crippen molar-refractivity contribution in [2.24, 2.45) is 0 Å². The predicted octanol–water partition coefficient (Wildman–Crippen LogP) is 4.05. The number of carbonyl (C=O) groups is 1. The van der Waals surface area contributed by atoms with Crippen LogP contribution < -0.4 is 0 Å². The molecule has 0 saturated carbocycles. The summed E-state index contributed by atoms with van der Waals surface area (Å²) >= 11 is 0. The van der Waals surface area contributed by atoms with Gasteiger partial charge in [0.15, 0.2) is 0 Å². The van der Waals surface area contributed by atoms with Crippen molar-refractivity contribution in [1.82, 2.24) is 4.90 Å². The summed E-state index contributed by atoms with van der Waals surface area (Å²) < 4.78 is 11.2. The third kappa shape index (κ3) is 3.52. The number of aryl methyl sites for hydroxylation is 1. The van der Waals surface area contributed by atoms with Gasteiger partial charge in [0, 0.05) is 6.54 Å². The number of rotatable bonds is 1. The van der Waals surface area contributed by atoms with E-state index in [0.29, 0.717) is 0 Å². The summed E-state index contributed by atoms with van der Waals surface area (Å²) in [6, 6.07) is 3.91.